The third kappa shape index (κ3) is 22.2. The lowest BCUT2D eigenvalue weighted by molar-refractivity contribution is 0.322. The first-order valence-electron chi connectivity index (χ1n) is 30.7. The molecule has 96 heavy (non-hydrogen) atoms. The van der Waals surface area contributed by atoms with Crippen molar-refractivity contribution in [3.05, 3.63) is 132 Å². The zero-order chi connectivity index (χ0) is 68.0. The summed E-state index contributed by atoms with van der Waals surface area (Å²) in [6, 6.07) is 35.5. The Hall–Kier alpha value is -8.62. The number of aryl methyl sites for hydroxylation is 2. The molecule has 0 atom stereocenters. The molecule has 0 aliphatic carbocycles. The van der Waals surface area contributed by atoms with Crippen LogP contribution in [0, 0.1) is 13.8 Å². The van der Waals surface area contributed by atoms with E-state index in [1.54, 1.807) is 26.0 Å². The monoisotopic (exact) mass is 1390 g/mol. The molecule has 6 aromatic carbocycles. The molecule has 0 bridgehead atoms. The molecule has 0 fully saturated rings. The number of hydrogen-bond acceptors (Lipinski definition) is 26. The summed E-state index contributed by atoms with van der Waals surface area (Å²) in [6.45, 7) is 26.7. The van der Waals surface area contributed by atoms with Crippen molar-refractivity contribution in [1.82, 2.24) is 29.9 Å². The van der Waals surface area contributed by atoms with Gasteiger partial charge >= 0.3 is 0 Å². The highest BCUT2D eigenvalue weighted by molar-refractivity contribution is 7.99. The molecular weight excluding hydrogens is 1300 g/mol. The molecule has 26 nitrogen and oxygen atoms in total. The molecule has 8 rings (SSSR count). The van der Waals surface area contributed by atoms with E-state index in [0.29, 0.717) is 62.4 Å². The zero-order valence-corrected chi connectivity index (χ0v) is 57.6. The molecule has 2 aromatic heterocycles. The molecule has 30 heteroatoms. The third-order valence-corrected chi connectivity index (χ3v) is 17.9. The molecule has 0 amide bonds. The molecule has 0 saturated heterocycles. The molecule has 8 aromatic rings. The van der Waals surface area contributed by atoms with Crippen molar-refractivity contribution in [2.45, 2.75) is 104 Å². The second-order valence-corrected chi connectivity index (χ2v) is 25.6. The molecule has 0 aliphatic rings. The average molecular weight is 1390 g/mol. The van der Waals surface area contributed by atoms with Crippen molar-refractivity contribution < 1.29 is 36.2 Å². The zero-order valence-electron chi connectivity index (χ0n) is 54.3. The van der Waals surface area contributed by atoms with Crippen LogP contribution in [0.5, 0.6) is 0 Å². The van der Waals surface area contributed by atoms with E-state index in [9.17, 15) is 36.2 Å². The van der Waals surface area contributed by atoms with Gasteiger partial charge in [0.25, 0.3) is 20.2 Å². The largest absolute Gasteiger partial charge is 0.396 e. The quantitative estimate of drug-likeness (QED) is 0.0110. The number of nitrogens with zero attached hydrogens (tertiary/aromatic N) is 14. The maximum absolute atomic E-state index is 11.9. The maximum atomic E-state index is 11.9. The normalized spacial score (nSPS) is 11.3. The van der Waals surface area contributed by atoms with Crippen LogP contribution in [0.3, 0.4) is 0 Å². The van der Waals surface area contributed by atoms with Crippen LogP contribution in [0.25, 0.3) is 0 Å². The van der Waals surface area contributed by atoms with Crippen LogP contribution >= 0.6 is 23.5 Å². The molecule has 8 N–H and O–H groups in total. The SMILES string of the molecule is C.C.CCN(CC)c1ccc(N=Nc2cc(S(=O)(=O)O)ccc2C)c(Nc2nc(Nc3cc(N(CC)CC)ccc3N=Nc3cc(S(=O)(=O)O)ccc3C)nc(SCCO)n2)c1.CCN(CC)c1cccc(Nc2nc(Nc3cccc(N(CC)CC)c3)nc(SCCO)n2)c1. The number of rotatable bonds is 32. The second-order valence-electron chi connectivity index (χ2n) is 20.6. The van der Waals surface area contributed by atoms with E-state index in [-0.39, 0.29) is 66.3 Å². The van der Waals surface area contributed by atoms with E-state index >= 15 is 0 Å². The minimum Gasteiger partial charge on any atom is -0.396 e. The summed E-state index contributed by atoms with van der Waals surface area (Å²) >= 11 is 2.59. The van der Waals surface area contributed by atoms with E-state index in [2.05, 4.69) is 138 Å². The lowest BCUT2D eigenvalue weighted by atomic mass is 10.2. The Bertz CT molecular complexity index is 3870. The van der Waals surface area contributed by atoms with Crippen LogP contribution in [0.2, 0.25) is 0 Å². The van der Waals surface area contributed by atoms with E-state index in [1.807, 2.05) is 76.2 Å². The van der Waals surface area contributed by atoms with Gasteiger partial charge in [0.1, 0.15) is 11.4 Å². The van der Waals surface area contributed by atoms with Gasteiger partial charge in [-0.05, 0) is 177 Å². The molecule has 0 unspecified atom stereocenters. The second kappa shape index (κ2) is 37.6. The summed E-state index contributed by atoms with van der Waals surface area (Å²) in [4.78, 5) is 35.9. The number of aromatic nitrogens is 6. The van der Waals surface area contributed by atoms with Gasteiger partial charge in [-0.2, -0.15) is 57.0 Å². The van der Waals surface area contributed by atoms with Crippen molar-refractivity contribution in [1.29, 1.82) is 0 Å². The maximum Gasteiger partial charge on any atom is 0.294 e. The summed E-state index contributed by atoms with van der Waals surface area (Å²) in [5.41, 5.74) is 9.22. The first kappa shape index (κ1) is 78.1. The fraction of sp³-hybridized carbons (Fsp3) is 0.364. The highest BCUT2D eigenvalue weighted by atomic mass is 32.2. The molecule has 516 valence electrons. The van der Waals surface area contributed by atoms with Crippen LogP contribution in [0.15, 0.2) is 162 Å². The highest BCUT2D eigenvalue weighted by Crippen LogP contribution is 2.38. The first-order valence-corrected chi connectivity index (χ1v) is 35.6. The Morgan fingerprint density at radius 2 is 0.708 bits per heavy atom. The average Bonchev–Trinajstić information content (AvgIpc) is 0.839. The Morgan fingerprint density at radius 3 is 1.02 bits per heavy atom. The topological polar surface area (TPSA) is 337 Å². The Morgan fingerprint density at radius 1 is 0.396 bits per heavy atom. The summed E-state index contributed by atoms with van der Waals surface area (Å²) < 4.78 is 66.6. The number of anilines is 12. The van der Waals surface area contributed by atoms with Gasteiger partial charge in [0.15, 0.2) is 10.3 Å². The lowest BCUT2D eigenvalue weighted by Gasteiger charge is -2.22. The molecule has 0 aliphatic heterocycles. The smallest absolute Gasteiger partial charge is 0.294 e. The van der Waals surface area contributed by atoms with Gasteiger partial charge < -0.3 is 51.1 Å². The number of benzene rings is 6. The standard InChI is InChI=1S/C39H47N11O7S3.C25H35N7OS.2CH4/c1-7-49(8-2)27-13-17-31(45-47-33-23-29(59(52,53)54)15-11-25(33)5)35(21-27)40-37-42-38(44-39(43-37)58-20-19-51)41-36-22-28(50(9-3)10-4)14-18-32(36)46-48-34-24-30(60(55,56)57)16-12-26(34)6;1-5-31(6-2)21-13-9-11-19(17-21)26-23-28-24(30-25(29-23)34-16-15-33)27-20-12-10-14-22(18-20)32(7-3)8-4;;/h11-18,21-24,51H,7-10,19-20H2,1-6H3,(H,52,53,54)(H,55,56,57)(H2,40,41,42,43,44);9-14,17-18,33H,5-8,15-16H2,1-4H3,(H2,26,27,28,29,30);2*1H4. The summed E-state index contributed by atoms with van der Waals surface area (Å²) in [6.07, 6.45) is 0. The van der Waals surface area contributed by atoms with Crippen molar-refractivity contribution in [3.8, 4) is 0 Å². The van der Waals surface area contributed by atoms with E-state index in [0.717, 1.165) is 86.5 Å². The first-order chi connectivity index (χ1) is 45.1. The molecule has 2 heterocycles. The van der Waals surface area contributed by atoms with E-state index in [1.165, 1.54) is 59.9 Å². The Labute approximate surface area is 573 Å². The number of aliphatic hydroxyl groups is 2. The lowest BCUT2D eigenvalue weighted by Crippen LogP contribution is -2.21. The number of hydrogen-bond donors (Lipinski definition) is 8. The molecule has 0 spiro atoms. The molecule has 0 radical (unpaired) electrons. The molecule has 0 saturated carbocycles. The predicted molar refractivity (Wildman–Crippen MR) is 392 cm³/mol. The van der Waals surface area contributed by atoms with Crippen molar-refractivity contribution >= 4 is 136 Å². The summed E-state index contributed by atoms with van der Waals surface area (Å²) in [5, 5.41) is 50.5. The minimum absolute atomic E-state index is 0. The number of thioether (sulfide) groups is 2. The minimum atomic E-state index is -4.48. The van der Waals surface area contributed by atoms with Gasteiger partial charge in [0.05, 0.1) is 45.8 Å². The Kier molecular flexibility index (Phi) is 30.6. The van der Waals surface area contributed by atoms with Crippen LogP contribution in [-0.2, 0) is 20.2 Å². The van der Waals surface area contributed by atoms with Crippen molar-refractivity contribution in [3.63, 3.8) is 0 Å². The number of nitrogens with one attached hydrogen (secondary N) is 4. The van der Waals surface area contributed by atoms with Gasteiger partial charge in [-0.15, -0.1) is 10.2 Å². The fourth-order valence-corrected chi connectivity index (χ4v) is 11.7. The van der Waals surface area contributed by atoms with Gasteiger partial charge in [-0.3, -0.25) is 9.11 Å². The predicted octanol–water partition coefficient (Wildman–Crippen LogP) is 15.5. The summed E-state index contributed by atoms with van der Waals surface area (Å²) in [5.74, 6) is 1.94. The van der Waals surface area contributed by atoms with Gasteiger partial charge in [0, 0.05) is 98.0 Å². The number of aliphatic hydroxyl groups excluding tert-OH is 2. The Balaban J connectivity index is 0.000000393. The summed E-state index contributed by atoms with van der Waals surface area (Å²) in [7, 11) is -8.95. The fourth-order valence-electron chi connectivity index (χ4n) is 9.50. The third-order valence-electron chi connectivity index (χ3n) is 14.5. The van der Waals surface area contributed by atoms with Crippen LogP contribution < -0.4 is 40.9 Å². The van der Waals surface area contributed by atoms with E-state index in [4.69, 9.17) is 4.98 Å². The molecular formula is C66H90N18O8S4. The van der Waals surface area contributed by atoms with Crippen LogP contribution in [0.4, 0.5) is 92.0 Å². The van der Waals surface area contributed by atoms with Gasteiger partial charge in [0.2, 0.25) is 23.8 Å². The van der Waals surface area contributed by atoms with Crippen molar-refractivity contribution in [2.75, 3.05) is 118 Å². The van der Waals surface area contributed by atoms with Gasteiger partial charge in [-0.1, -0.05) is 62.6 Å². The van der Waals surface area contributed by atoms with Gasteiger partial charge in [-0.25, -0.2) is 0 Å². The number of azo groups is 2. The highest BCUT2D eigenvalue weighted by Gasteiger charge is 2.19. The van der Waals surface area contributed by atoms with E-state index < -0.39 is 20.2 Å². The van der Waals surface area contributed by atoms with Crippen LogP contribution in [0.1, 0.15) is 81.4 Å². The van der Waals surface area contributed by atoms with Crippen LogP contribution in [-0.4, -0.2) is 143 Å². The van der Waals surface area contributed by atoms with Crippen molar-refractivity contribution in [2.24, 2.45) is 20.5 Å².